The zero-order valence-corrected chi connectivity index (χ0v) is 14.3. The van der Waals surface area contributed by atoms with E-state index < -0.39 is 0 Å². The molecule has 0 aliphatic heterocycles. The molecule has 2 rings (SSSR count). The van der Waals surface area contributed by atoms with Gasteiger partial charge in [-0.05, 0) is 70.7 Å². The Morgan fingerprint density at radius 3 is 2.71 bits per heavy atom. The number of aromatic nitrogens is 3. The number of nitrogens with one attached hydrogen (secondary N) is 1. The molecule has 116 valence electrons. The molecule has 0 aromatic carbocycles. The van der Waals surface area contributed by atoms with Gasteiger partial charge in [0.1, 0.15) is 0 Å². The summed E-state index contributed by atoms with van der Waals surface area (Å²) in [5.41, 5.74) is 3.04. The molecule has 2 aromatic heterocycles. The van der Waals surface area contributed by atoms with Crippen molar-refractivity contribution < 1.29 is 0 Å². The predicted molar refractivity (Wildman–Crippen MR) is 91.4 cm³/mol. The Bertz CT molecular complexity index is 639. The lowest BCUT2D eigenvalue weighted by Crippen LogP contribution is -2.24. The zero-order valence-electron chi connectivity index (χ0n) is 13.5. The second-order valence-electron chi connectivity index (χ2n) is 5.64. The Morgan fingerprint density at radius 2 is 2.05 bits per heavy atom. The molecular formula is C16H26N4S. The van der Waals surface area contributed by atoms with Crippen molar-refractivity contribution in [2.24, 2.45) is 0 Å². The van der Waals surface area contributed by atoms with Gasteiger partial charge in [0.15, 0.2) is 10.4 Å². The Kier molecular flexibility index (Phi) is 5.53. The predicted octanol–water partition coefficient (Wildman–Crippen LogP) is 4.09. The molecule has 21 heavy (non-hydrogen) atoms. The monoisotopic (exact) mass is 306 g/mol. The lowest BCUT2D eigenvalue weighted by Gasteiger charge is -2.20. The summed E-state index contributed by atoms with van der Waals surface area (Å²) in [5.74, 6) is 0. The summed E-state index contributed by atoms with van der Waals surface area (Å²) in [4.78, 5) is 10.4. The van der Waals surface area contributed by atoms with Gasteiger partial charge >= 0.3 is 0 Å². The number of aryl methyl sites for hydroxylation is 1. The van der Waals surface area contributed by atoms with Crippen molar-refractivity contribution in [2.75, 3.05) is 19.6 Å². The topological polar surface area (TPSA) is 36.9 Å². The van der Waals surface area contributed by atoms with Crippen molar-refractivity contribution >= 4 is 23.4 Å². The highest BCUT2D eigenvalue weighted by Gasteiger charge is 2.12. The van der Waals surface area contributed by atoms with Crippen molar-refractivity contribution in [3.05, 3.63) is 22.6 Å². The third kappa shape index (κ3) is 3.71. The first-order chi connectivity index (χ1) is 10.1. The van der Waals surface area contributed by atoms with Crippen LogP contribution in [0.1, 0.15) is 45.3 Å². The lowest BCUT2D eigenvalue weighted by atomic mass is 10.1. The first kappa shape index (κ1) is 16.2. The van der Waals surface area contributed by atoms with Gasteiger partial charge in [-0.3, -0.25) is 4.57 Å². The van der Waals surface area contributed by atoms with Gasteiger partial charge in [-0.25, -0.2) is 4.98 Å². The number of hydrogen-bond donors (Lipinski definition) is 1. The van der Waals surface area contributed by atoms with Crippen LogP contribution < -0.4 is 0 Å². The molecule has 1 N–H and O–H groups in total. The maximum absolute atomic E-state index is 5.48. The summed E-state index contributed by atoms with van der Waals surface area (Å²) in [6.45, 7) is 12.1. The molecule has 5 heteroatoms. The molecule has 0 bridgehead atoms. The Labute approximate surface area is 132 Å². The van der Waals surface area contributed by atoms with Crippen LogP contribution in [0.3, 0.4) is 0 Å². The fourth-order valence-corrected chi connectivity index (χ4v) is 3.16. The van der Waals surface area contributed by atoms with E-state index >= 15 is 0 Å². The average Bonchev–Trinajstić information content (AvgIpc) is 2.78. The first-order valence-electron chi connectivity index (χ1n) is 7.87. The van der Waals surface area contributed by atoms with Crippen LogP contribution in [0.5, 0.6) is 0 Å². The van der Waals surface area contributed by atoms with Gasteiger partial charge in [0.05, 0.1) is 5.52 Å². The molecule has 0 saturated carbocycles. The standard InChI is InChI=1S/C16H26N4S/c1-5-19(6-2)11-7-8-13(4)20-15-14(18-16(20)21)10-9-12(3)17-15/h9-10,13H,5-8,11H2,1-4H3,(H,18,21). The first-order valence-corrected chi connectivity index (χ1v) is 8.27. The molecule has 1 atom stereocenters. The van der Waals surface area contributed by atoms with E-state index in [0.29, 0.717) is 6.04 Å². The molecule has 0 amide bonds. The summed E-state index contributed by atoms with van der Waals surface area (Å²) >= 11 is 5.48. The van der Waals surface area contributed by atoms with Gasteiger partial charge in [-0.15, -0.1) is 0 Å². The van der Waals surface area contributed by atoms with Crippen LogP contribution in [-0.2, 0) is 0 Å². The van der Waals surface area contributed by atoms with Gasteiger partial charge in [-0.2, -0.15) is 0 Å². The molecular weight excluding hydrogens is 280 g/mol. The number of rotatable bonds is 7. The lowest BCUT2D eigenvalue weighted by molar-refractivity contribution is 0.288. The number of hydrogen-bond acceptors (Lipinski definition) is 3. The molecule has 0 aliphatic carbocycles. The van der Waals surface area contributed by atoms with Crippen LogP contribution in [0.15, 0.2) is 12.1 Å². The van der Waals surface area contributed by atoms with Crippen LogP contribution in [0.25, 0.3) is 11.2 Å². The van der Waals surface area contributed by atoms with Crippen molar-refractivity contribution in [1.29, 1.82) is 0 Å². The quantitative estimate of drug-likeness (QED) is 0.783. The summed E-state index contributed by atoms with van der Waals surface area (Å²) < 4.78 is 2.94. The molecule has 2 aromatic rings. The van der Waals surface area contributed by atoms with E-state index in [1.54, 1.807) is 0 Å². The minimum atomic E-state index is 0.371. The van der Waals surface area contributed by atoms with Crippen LogP contribution >= 0.6 is 12.2 Å². The fourth-order valence-electron chi connectivity index (χ4n) is 2.78. The van der Waals surface area contributed by atoms with Crippen molar-refractivity contribution in [2.45, 2.75) is 46.6 Å². The van der Waals surface area contributed by atoms with E-state index in [0.717, 1.165) is 47.7 Å². The third-order valence-corrected chi connectivity index (χ3v) is 4.43. The highest BCUT2D eigenvalue weighted by Crippen LogP contribution is 2.21. The second-order valence-corrected chi connectivity index (χ2v) is 6.03. The molecule has 4 nitrogen and oxygen atoms in total. The Hall–Kier alpha value is -1.20. The number of fused-ring (bicyclic) bond motifs is 1. The van der Waals surface area contributed by atoms with E-state index in [2.05, 4.69) is 46.3 Å². The normalized spacial score (nSPS) is 13.2. The molecule has 0 radical (unpaired) electrons. The highest BCUT2D eigenvalue weighted by molar-refractivity contribution is 7.71. The number of imidazole rings is 1. The third-order valence-electron chi connectivity index (χ3n) is 4.13. The highest BCUT2D eigenvalue weighted by atomic mass is 32.1. The molecule has 1 unspecified atom stereocenters. The Morgan fingerprint density at radius 1 is 1.33 bits per heavy atom. The summed E-state index contributed by atoms with van der Waals surface area (Å²) in [5, 5.41) is 0. The average molecular weight is 306 g/mol. The minimum Gasteiger partial charge on any atom is -0.329 e. The summed E-state index contributed by atoms with van der Waals surface area (Å²) in [6, 6.07) is 4.45. The minimum absolute atomic E-state index is 0.371. The number of H-pyrrole nitrogens is 1. The fraction of sp³-hybridized carbons (Fsp3) is 0.625. The van der Waals surface area contributed by atoms with Crippen molar-refractivity contribution in [3.8, 4) is 0 Å². The molecule has 2 heterocycles. The maximum Gasteiger partial charge on any atom is 0.179 e. The van der Waals surface area contributed by atoms with Crippen molar-refractivity contribution in [1.82, 2.24) is 19.4 Å². The van der Waals surface area contributed by atoms with Gasteiger partial charge in [0.2, 0.25) is 0 Å². The van der Waals surface area contributed by atoms with Crippen LogP contribution in [0, 0.1) is 11.7 Å². The van der Waals surface area contributed by atoms with Crippen LogP contribution in [0.2, 0.25) is 0 Å². The van der Waals surface area contributed by atoms with E-state index in [1.807, 2.05) is 13.0 Å². The largest absolute Gasteiger partial charge is 0.329 e. The van der Waals surface area contributed by atoms with E-state index in [9.17, 15) is 0 Å². The zero-order chi connectivity index (χ0) is 15.4. The maximum atomic E-state index is 5.48. The van der Waals surface area contributed by atoms with Gasteiger partial charge < -0.3 is 9.88 Å². The van der Waals surface area contributed by atoms with Gasteiger partial charge in [-0.1, -0.05) is 13.8 Å². The van der Waals surface area contributed by atoms with Crippen LogP contribution in [-0.4, -0.2) is 39.1 Å². The van der Waals surface area contributed by atoms with E-state index in [-0.39, 0.29) is 0 Å². The second kappa shape index (κ2) is 7.18. The Balaban J connectivity index is 2.12. The molecule has 0 aliphatic rings. The SMILES string of the molecule is CCN(CC)CCCC(C)n1c(=S)[nH]c2ccc(C)nc21. The number of aromatic amines is 1. The van der Waals surface area contributed by atoms with Gasteiger partial charge in [0, 0.05) is 11.7 Å². The summed E-state index contributed by atoms with van der Waals surface area (Å²) in [7, 11) is 0. The number of pyridine rings is 1. The number of nitrogens with zero attached hydrogens (tertiary/aromatic N) is 3. The smallest absolute Gasteiger partial charge is 0.179 e. The van der Waals surface area contributed by atoms with Crippen LogP contribution in [0.4, 0.5) is 0 Å². The van der Waals surface area contributed by atoms with E-state index in [1.165, 1.54) is 6.42 Å². The summed E-state index contributed by atoms with van der Waals surface area (Å²) in [6.07, 6.45) is 2.30. The molecule has 0 saturated heterocycles. The van der Waals surface area contributed by atoms with E-state index in [4.69, 9.17) is 12.2 Å². The molecule has 0 spiro atoms. The molecule has 0 fully saturated rings. The van der Waals surface area contributed by atoms with Crippen molar-refractivity contribution in [3.63, 3.8) is 0 Å². The van der Waals surface area contributed by atoms with Gasteiger partial charge in [0.25, 0.3) is 0 Å².